The van der Waals surface area contributed by atoms with Crippen LogP contribution >= 0.6 is 0 Å². The predicted octanol–water partition coefficient (Wildman–Crippen LogP) is 2.84. The Kier molecular flexibility index (Phi) is 5.20. The van der Waals surface area contributed by atoms with E-state index < -0.39 is 0 Å². The Balaban J connectivity index is 1.32. The number of aryl methyl sites for hydroxylation is 2. The highest BCUT2D eigenvalue weighted by molar-refractivity contribution is 5.83. The summed E-state index contributed by atoms with van der Waals surface area (Å²) in [5.74, 6) is 0.883. The molecule has 4 rings (SSSR count). The monoisotopic (exact) mass is 392 g/mol. The molecule has 0 N–H and O–H groups in total. The largest absolute Gasteiger partial charge is 0.494 e. The highest BCUT2D eigenvalue weighted by Gasteiger charge is 2.13. The van der Waals surface area contributed by atoms with Crippen LogP contribution in [0.3, 0.4) is 0 Å². The van der Waals surface area contributed by atoms with Gasteiger partial charge in [0.25, 0.3) is 5.56 Å². The molecular weight excluding hydrogens is 368 g/mol. The van der Waals surface area contributed by atoms with E-state index in [0.717, 1.165) is 29.6 Å². The summed E-state index contributed by atoms with van der Waals surface area (Å²) in [6.07, 6.45) is 4.44. The number of unbranched alkanes of at least 4 members (excludes halogenated alkanes) is 2. The Morgan fingerprint density at radius 3 is 2.55 bits per heavy atom. The Labute approximate surface area is 167 Å². The highest BCUT2D eigenvalue weighted by atomic mass is 16.5. The number of rotatable bonds is 7. The molecule has 0 bridgehead atoms. The highest BCUT2D eigenvalue weighted by Crippen LogP contribution is 2.20. The lowest BCUT2D eigenvalue weighted by molar-refractivity contribution is 0.304. The van der Waals surface area contributed by atoms with Crippen molar-refractivity contribution in [2.45, 2.75) is 25.8 Å². The van der Waals surface area contributed by atoms with Crippen LogP contribution in [0.2, 0.25) is 0 Å². The number of hydrogen-bond acceptors (Lipinski definition) is 4. The van der Waals surface area contributed by atoms with Gasteiger partial charge in [-0.1, -0.05) is 30.3 Å². The fourth-order valence-electron chi connectivity index (χ4n) is 3.57. The number of ether oxygens (including phenoxy) is 1. The van der Waals surface area contributed by atoms with Gasteiger partial charge in [-0.05, 0) is 42.2 Å². The molecule has 0 aliphatic rings. The van der Waals surface area contributed by atoms with E-state index in [4.69, 9.17) is 4.74 Å². The normalized spacial score (nSPS) is 11.4. The molecule has 150 valence electrons. The van der Waals surface area contributed by atoms with E-state index in [-0.39, 0.29) is 11.2 Å². The van der Waals surface area contributed by atoms with Gasteiger partial charge in [0, 0.05) is 20.6 Å². The first-order valence-corrected chi connectivity index (χ1v) is 9.79. The Morgan fingerprint density at radius 1 is 0.931 bits per heavy atom. The van der Waals surface area contributed by atoms with Gasteiger partial charge in [0.1, 0.15) is 5.75 Å². The third-order valence-electron chi connectivity index (χ3n) is 5.25. The van der Waals surface area contributed by atoms with Gasteiger partial charge >= 0.3 is 5.69 Å². The minimum Gasteiger partial charge on any atom is -0.494 e. The van der Waals surface area contributed by atoms with Crippen LogP contribution in [0.5, 0.6) is 5.75 Å². The number of aromatic nitrogens is 4. The van der Waals surface area contributed by atoms with E-state index in [1.165, 1.54) is 22.4 Å². The average molecular weight is 392 g/mol. The van der Waals surface area contributed by atoms with E-state index in [2.05, 4.69) is 29.2 Å². The molecule has 0 saturated heterocycles. The summed E-state index contributed by atoms with van der Waals surface area (Å²) in [5.41, 5.74) is 0.235. The zero-order chi connectivity index (χ0) is 20.4. The zero-order valence-electron chi connectivity index (χ0n) is 16.7. The van der Waals surface area contributed by atoms with Crippen molar-refractivity contribution >= 4 is 21.9 Å². The smallest absolute Gasteiger partial charge is 0.332 e. The molecule has 2 aromatic heterocycles. The lowest BCUT2D eigenvalue weighted by Gasteiger charge is -2.08. The standard InChI is InChI=1S/C22H24N4O3/c1-24-20-19(21(27)25(2)22(24)28)26(15-23-20)12-6-3-7-13-29-18-11-10-16-8-4-5-9-17(16)14-18/h4-5,8-11,14-15H,3,6-7,12-13H2,1-2H3. The van der Waals surface area contributed by atoms with E-state index in [1.54, 1.807) is 13.4 Å². The van der Waals surface area contributed by atoms with Gasteiger partial charge in [-0.3, -0.25) is 13.9 Å². The average Bonchev–Trinajstić information content (AvgIpc) is 3.17. The van der Waals surface area contributed by atoms with Crippen LogP contribution in [-0.4, -0.2) is 25.3 Å². The number of fused-ring (bicyclic) bond motifs is 2. The van der Waals surface area contributed by atoms with Crippen LogP contribution in [0.4, 0.5) is 0 Å². The van der Waals surface area contributed by atoms with Crippen LogP contribution in [0.25, 0.3) is 21.9 Å². The summed E-state index contributed by atoms with van der Waals surface area (Å²) in [6.45, 7) is 1.33. The van der Waals surface area contributed by atoms with Crippen LogP contribution < -0.4 is 16.0 Å². The van der Waals surface area contributed by atoms with Crippen molar-refractivity contribution in [1.29, 1.82) is 0 Å². The molecule has 0 amide bonds. The maximum absolute atomic E-state index is 12.4. The van der Waals surface area contributed by atoms with Crippen LogP contribution in [0.1, 0.15) is 19.3 Å². The van der Waals surface area contributed by atoms with Crippen molar-refractivity contribution in [2.75, 3.05) is 6.61 Å². The minimum atomic E-state index is -0.362. The SMILES string of the molecule is Cn1c(=O)c2c(ncn2CCCCCOc2ccc3ccccc3c2)n(C)c1=O. The molecular formula is C22H24N4O3. The maximum atomic E-state index is 12.4. The number of benzene rings is 2. The van der Waals surface area contributed by atoms with Crippen molar-refractivity contribution in [3.63, 3.8) is 0 Å². The first-order chi connectivity index (χ1) is 14.1. The maximum Gasteiger partial charge on any atom is 0.332 e. The van der Waals surface area contributed by atoms with Gasteiger partial charge in [-0.25, -0.2) is 9.78 Å². The van der Waals surface area contributed by atoms with Gasteiger partial charge < -0.3 is 9.30 Å². The molecule has 29 heavy (non-hydrogen) atoms. The fraction of sp³-hybridized carbons (Fsp3) is 0.318. The Hall–Kier alpha value is -3.35. The fourth-order valence-corrected chi connectivity index (χ4v) is 3.57. The van der Waals surface area contributed by atoms with Crippen molar-refractivity contribution < 1.29 is 4.74 Å². The van der Waals surface area contributed by atoms with E-state index in [9.17, 15) is 9.59 Å². The molecule has 7 nitrogen and oxygen atoms in total. The molecule has 0 spiro atoms. The molecule has 7 heteroatoms. The second-order valence-corrected chi connectivity index (χ2v) is 7.23. The van der Waals surface area contributed by atoms with Crippen molar-refractivity contribution in [3.8, 4) is 5.75 Å². The van der Waals surface area contributed by atoms with Crippen LogP contribution in [-0.2, 0) is 20.6 Å². The minimum absolute atomic E-state index is 0.305. The third kappa shape index (κ3) is 3.68. The third-order valence-corrected chi connectivity index (χ3v) is 5.25. The van der Waals surface area contributed by atoms with Gasteiger partial charge in [0.15, 0.2) is 11.2 Å². The molecule has 0 unspecified atom stereocenters. The number of hydrogen-bond donors (Lipinski definition) is 0. The summed E-state index contributed by atoms with van der Waals surface area (Å²) < 4.78 is 10.2. The first-order valence-electron chi connectivity index (χ1n) is 9.79. The van der Waals surface area contributed by atoms with Crippen LogP contribution in [0.15, 0.2) is 58.4 Å². The Bertz CT molecular complexity index is 1280. The quantitative estimate of drug-likeness (QED) is 0.454. The molecule has 0 radical (unpaired) electrons. The molecule has 2 heterocycles. The first kappa shape index (κ1) is 19.0. The molecule has 0 saturated carbocycles. The molecule has 0 atom stereocenters. The number of nitrogens with zero attached hydrogens (tertiary/aromatic N) is 4. The van der Waals surface area contributed by atoms with Gasteiger partial charge in [-0.15, -0.1) is 0 Å². The molecule has 2 aromatic carbocycles. The molecule has 4 aromatic rings. The molecule has 0 aliphatic carbocycles. The summed E-state index contributed by atoms with van der Waals surface area (Å²) in [5, 5.41) is 2.38. The van der Waals surface area contributed by atoms with Crippen molar-refractivity contribution in [1.82, 2.24) is 18.7 Å². The molecule has 0 fully saturated rings. The van der Waals surface area contributed by atoms with Gasteiger partial charge in [-0.2, -0.15) is 0 Å². The summed E-state index contributed by atoms with van der Waals surface area (Å²) in [7, 11) is 3.12. The zero-order valence-corrected chi connectivity index (χ0v) is 16.7. The summed E-state index contributed by atoms with van der Waals surface area (Å²) in [4.78, 5) is 28.7. The topological polar surface area (TPSA) is 71.0 Å². The molecule has 0 aliphatic heterocycles. The second-order valence-electron chi connectivity index (χ2n) is 7.23. The number of imidazole rings is 1. The van der Waals surface area contributed by atoms with E-state index in [0.29, 0.717) is 24.3 Å². The van der Waals surface area contributed by atoms with Gasteiger partial charge in [0.05, 0.1) is 12.9 Å². The van der Waals surface area contributed by atoms with E-state index in [1.807, 2.05) is 22.8 Å². The second kappa shape index (κ2) is 7.95. The van der Waals surface area contributed by atoms with Gasteiger partial charge in [0.2, 0.25) is 0 Å². The Morgan fingerprint density at radius 2 is 1.72 bits per heavy atom. The predicted molar refractivity (Wildman–Crippen MR) is 114 cm³/mol. The van der Waals surface area contributed by atoms with E-state index >= 15 is 0 Å². The van der Waals surface area contributed by atoms with Crippen molar-refractivity contribution in [2.24, 2.45) is 14.1 Å². The summed E-state index contributed by atoms with van der Waals surface area (Å²) in [6, 6.07) is 14.4. The lowest BCUT2D eigenvalue weighted by Crippen LogP contribution is -2.37. The summed E-state index contributed by atoms with van der Waals surface area (Å²) >= 11 is 0. The lowest BCUT2D eigenvalue weighted by atomic mass is 10.1. The van der Waals surface area contributed by atoms with Crippen molar-refractivity contribution in [3.05, 3.63) is 69.6 Å². The van der Waals surface area contributed by atoms with Crippen LogP contribution in [0, 0.1) is 0 Å².